The van der Waals surface area contributed by atoms with E-state index in [1.807, 2.05) is 0 Å². The second-order valence-electron chi connectivity index (χ2n) is 13.5. The van der Waals surface area contributed by atoms with Crippen LogP contribution in [-0.2, 0) is 10.8 Å². The van der Waals surface area contributed by atoms with Crippen LogP contribution in [0.1, 0.15) is 97.0 Å². The first-order valence-electron chi connectivity index (χ1n) is 12.7. The van der Waals surface area contributed by atoms with Crippen molar-refractivity contribution in [3.8, 4) is 11.1 Å². The number of hydrogen-bond acceptors (Lipinski definition) is 0. The Morgan fingerprint density at radius 2 is 1.15 bits per heavy atom. The summed E-state index contributed by atoms with van der Waals surface area (Å²) >= 11 is 0. The van der Waals surface area contributed by atoms with Gasteiger partial charge in [0.1, 0.15) is 0 Å². The predicted molar refractivity (Wildman–Crippen MR) is 149 cm³/mol. The predicted octanol–water partition coefficient (Wildman–Crippen LogP) is 9.70. The van der Waals surface area contributed by atoms with Crippen LogP contribution in [0.15, 0.2) is 59.2 Å². The molecule has 0 heterocycles. The van der Waals surface area contributed by atoms with Crippen molar-refractivity contribution >= 4 is 8.07 Å². The zero-order chi connectivity index (χ0) is 24.7. The summed E-state index contributed by atoms with van der Waals surface area (Å²) in [6.07, 6.45) is 2.61. The highest BCUT2D eigenvalue weighted by atomic mass is 28.3. The van der Waals surface area contributed by atoms with E-state index in [0.717, 1.165) is 0 Å². The molecule has 1 unspecified atom stereocenters. The molecule has 0 saturated carbocycles. The summed E-state index contributed by atoms with van der Waals surface area (Å²) in [6, 6.07) is 14.7. The third kappa shape index (κ3) is 3.54. The monoisotopic (exact) mass is 456 g/mol. The molecular formula is C32H44Si. The molecule has 2 aliphatic carbocycles. The van der Waals surface area contributed by atoms with Crippen molar-refractivity contribution in [2.24, 2.45) is 0 Å². The highest BCUT2D eigenvalue weighted by Gasteiger charge is 2.53. The van der Waals surface area contributed by atoms with Crippen LogP contribution in [0.25, 0.3) is 11.1 Å². The molecule has 0 saturated heterocycles. The zero-order valence-corrected chi connectivity index (χ0v) is 24.1. The molecule has 0 radical (unpaired) electrons. The molecular weight excluding hydrogens is 412 g/mol. The number of allylic oxidation sites excluding steroid dienone is 4. The van der Waals surface area contributed by atoms with Gasteiger partial charge in [-0.2, -0.15) is 0 Å². The fourth-order valence-corrected chi connectivity index (χ4v) is 10.7. The van der Waals surface area contributed by atoms with Crippen LogP contribution in [0.3, 0.4) is 0 Å². The summed E-state index contributed by atoms with van der Waals surface area (Å²) in [5, 5.41) is 0.153. The SMILES string of the molecule is CC1=CC(C)([Si](C)(C)C2c3cc(C(C)(C)C)ccc3-c3ccc(C(C)(C)C)cc32)C(C)=C1C. The molecule has 4 rings (SSSR count). The Labute approximate surface area is 204 Å². The molecule has 1 heteroatoms. The smallest absolute Gasteiger partial charge is 0.0741 e. The van der Waals surface area contributed by atoms with Crippen LogP contribution in [0.2, 0.25) is 18.1 Å². The Hall–Kier alpha value is -1.86. The molecule has 0 spiro atoms. The van der Waals surface area contributed by atoms with Gasteiger partial charge in [0, 0.05) is 10.6 Å². The lowest BCUT2D eigenvalue weighted by Gasteiger charge is -2.45. The van der Waals surface area contributed by atoms with Crippen LogP contribution >= 0.6 is 0 Å². The van der Waals surface area contributed by atoms with Gasteiger partial charge >= 0.3 is 0 Å². The zero-order valence-electron chi connectivity index (χ0n) is 23.1. The van der Waals surface area contributed by atoms with Crippen molar-refractivity contribution < 1.29 is 0 Å². The Kier molecular flexibility index (Phi) is 5.38. The first kappa shape index (κ1) is 24.3. The van der Waals surface area contributed by atoms with Gasteiger partial charge in [-0.15, -0.1) is 0 Å². The average Bonchev–Trinajstić information content (AvgIpc) is 3.14. The molecule has 0 aromatic heterocycles. The van der Waals surface area contributed by atoms with E-state index in [9.17, 15) is 0 Å². The molecule has 2 aromatic carbocycles. The molecule has 176 valence electrons. The first-order valence-corrected chi connectivity index (χ1v) is 15.7. The van der Waals surface area contributed by atoms with Crippen LogP contribution in [-0.4, -0.2) is 8.07 Å². The van der Waals surface area contributed by atoms with Crippen molar-refractivity contribution in [2.45, 2.75) is 104 Å². The van der Waals surface area contributed by atoms with Gasteiger partial charge in [-0.25, -0.2) is 0 Å². The van der Waals surface area contributed by atoms with Crippen molar-refractivity contribution in [3.63, 3.8) is 0 Å². The Morgan fingerprint density at radius 1 is 0.727 bits per heavy atom. The van der Waals surface area contributed by atoms with Gasteiger partial charge in [0.2, 0.25) is 0 Å². The van der Waals surface area contributed by atoms with Crippen molar-refractivity contribution in [1.82, 2.24) is 0 Å². The van der Waals surface area contributed by atoms with Gasteiger partial charge in [-0.3, -0.25) is 0 Å². The van der Waals surface area contributed by atoms with Gasteiger partial charge in [0.15, 0.2) is 0 Å². The summed E-state index contributed by atoms with van der Waals surface area (Å²) in [4.78, 5) is 0. The van der Waals surface area contributed by atoms with Gasteiger partial charge in [0.25, 0.3) is 0 Å². The Balaban J connectivity index is 2.02. The largest absolute Gasteiger partial charge is 0.0753 e. The molecule has 0 bridgehead atoms. The number of rotatable bonds is 2. The molecule has 0 fully saturated rings. The van der Waals surface area contributed by atoms with Gasteiger partial charge < -0.3 is 0 Å². The van der Waals surface area contributed by atoms with E-state index >= 15 is 0 Å². The lowest BCUT2D eigenvalue weighted by Crippen LogP contribution is -2.46. The molecule has 2 aliphatic rings. The lowest BCUT2D eigenvalue weighted by atomic mass is 9.85. The molecule has 0 aliphatic heterocycles. The highest BCUT2D eigenvalue weighted by molar-refractivity contribution is 6.83. The maximum atomic E-state index is 2.65. The van der Waals surface area contributed by atoms with Gasteiger partial charge in [0.05, 0.1) is 8.07 Å². The summed E-state index contributed by atoms with van der Waals surface area (Å²) in [7, 11) is -1.91. The molecule has 0 nitrogen and oxygen atoms in total. The molecule has 0 N–H and O–H groups in total. The second kappa shape index (κ2) is 7.32. The molecule has 1 atom stereocenters. The van der Waals surface area contributed by atoms with Crippen molar-refractivity contribution in [3.05, 3.63) is 81.4 Å². The van der Waals surface area contributed by atoms with E-state index in [0.29, 0.717) is 5.54 Å². The number of benzene rings is 2. The number of fused-ring (bicyclic) bond motifs is 3. The van der Waals surface area contributed by atoms with Crippen molar-refractivity contribution in [2.75, 3.05) is 0 Å². The van der Waals surface area contributed by atoms with Crippen LogP contribution in [0.4, 0.5) is 0 Å². The summed E-state index contributed by atoms with van der Waals surface area (Å²) in [5.74, 6) is 0. The van der Waals surface area contributed by atoms with Gasteiger partial charge in [-0.1, -0.05) is 115 Å². The fraction of sp³-hybridized carbons (Fsp3) is 0.500. The molecule has 33 heavy (non-hydrogen) atoms. The second-order valence-corrected chi connectivity index (χ2v) is 18.6. The fourth-order valence-electron chi connectivity index (χ4n) is 6.28. The van der Waals surface area contributed by atoms with E-state index < -0.39 is 8.07 Å². The van der Waals surface area contributed by atoms with Crippen LogP contribution < -0.4 is 0 Å². The van der Waals surface area contributed by atoms with E-state index in [2.05, 4.69) is 125 Å². The summed E-state index contributed by atoms with van der Waals surface area (Å²) < 4.78 is 0. The Bertz CT molecular complexity index is 1130. The maximum Gasteiger partial charge on any atom is 0.0753 e. The number of hydrogen-bond donors (Lipinski definition) is 0. The highest BCUT2D eigenvalue weighted by Crippen LogP contribution is 2.62. The van der Waals surface area contributed by atoms with Gasteiger partial charge in [-0.05, 0) is 70.6 Å². The van der Waals surface area contributed by atoms with E-state index in [-0.39, 0.29) is 15.9 Å². The minimum absolute atomic E-state index is 0.150. The topological polar surface area (TPSA) is 0 Å². The minimum Gasteiger partial charge on any atom is -0.0741 e. The summed E-state index contributed by atoms with van der Waals surface area (Å²) in [5.41, 5.74) is 14.3. The quantitative estimate of drug-likeness (QED) is 0.394. The molecule has 2 aromatic rings. The normalized spacial score (nSPS) is 21.4. The standard InChI is InChI=1S/C32H44Si/c1-20-19-32(10,22(3)21(20)2)33(11,12)29-27-17-23(30(4,5)6)13-15-25(27)26-16-14-24(18-28(26)29)31(7,8)9/h13-19,29H,1-12H3. The first-order chi connectivity index (χ1) is 15.0. The third-order valence-corrected chi connectivity index (χ3v) is 14.5. The average molecular weight is 457 g/mol. The third-order valence-electron chi connectivity index (χ3n) is 9.25. The van der Waals surface area contributed by atoms with E-state index in [4.69, 9.17) is 0 Å². The van der Waals surface area contributed by atoms with Crippen LogP contribution in [0.5, 0.6) is 0 Å². The molecule has 0 amide bonds. The lowest BCUT2D eigenvalue weighted by molar-refractivity contribution is 0.589. The van der Waals surface area contributed by atoms with E-state index in [1.54, 1.807) is 16.7 Å². The van der Waals surface area contributed by atoms with E-state index in [1.165, 1.54) is 33.4 Å². The van der Waals surface area contributed by atoms with Crippen LogP contribution in [0, 0.1) is 0 Å². The Morgan fingerprint density at radius 3 is 1.48 bits per heavy atom. The minimum atomic E-state index is -1.91. The van der Waals surface area contributed by atoms with Crippen molar-refractivity contribution in [1.29, 1.82) is 0 Å². The summed E-state index contributed by atoms with van der Waals surface area (Å²) in [6.45, 7) is 28.9. The maximum absolute atomic E-state index is 2.65.